The Balaban J connectivity index is 3.86. The summed E-state index contributed by atoms with van der Waals surface area (Å²) < 4.78 is 15.6. The summed E-state index contributed by atoms with van der Waals surface area (Å²) in [6.45, 7) is 0. The van der Waals surface area contributed by atoms with Crippen LogP contribution in [0.25, 0.3) is 0 Å². The topological polar surface area (TPSA) is 27.7 Å². The van der Waals surface area contributed by atoms with Crippen molar-refractivity contribution in [2.24, 2.45) is 0 Å². The summed E-state index contributed by atoms with van der Waals surface area (Å²) in [6.07, 6.45) is 6.75. The summed E-state index contributed by atoms with van der Waals surface area (Å²) in [5, 5.41) is 0. The summed E-state index contributed by atoms with van der Waals surface area (Å²) in [6, 6.07) is 0.778. The van der Waals surface area contributed by atoms with Gasteiger partial charge in [-0.25, -0.2) is 0 Å². The standard InChI is InChI=1S/C8H16O3Si/c1-5-6-7-8-12(9-2,10-3)11-4/h1H,6-8H2,2-4H3. The second-order valence-corrected chi connectivity index (χ2v) is 5.44. The van der Waals surface area contributed by atoms with Crippen LogP contribution < -0.4 is 0 Å². The molecule has 0 saturated heterocycles. The zero-order chi connectivity index (χ0) is 9.45. The van der Waals surface area contributed by atoms with Gasteiger partial charge in [0.05, 0.1) is 0 Å². The van der Waals surface area contributed by atoms with Gasteiger partial charge in [-0.05, 0) is 6.42 Å². The predicted molar refractivity (Wildman–Crippen MR) is 49.7 cm³/mol. The first-order valence-corrected chi connectivity index (χ1v) is 5.76. The Morgan fingerprint density at radius 2 is 1.67 bits per heavy atom. The lowest BCUT2D eigenvalue weighted by Gasteiger charge is -2.23. The molecule has 0 heterocycles. The molecule has 12 heavy (non-hydrogen) atoms. The van der Waals surface area contributed by atoms with E-state index in [0.717, 1.165) is 18.9 Å². The molecular formula is C8H16O3Si. The molecule has 0 aromatic rings. The van der Waals surface area contributed by atoms with Crippen LogP contribution in [0.4, 0.5) is 0 Å². The normalized spacial score (nSPS) is 11.2. The van der Waals surface area contributed by atoms with Crippen LogP contribution in [0, 0.1) is 12.3 Å². The molecule has 0 fully saturated rings. The van der Waals surface area contributed by atoms with E-state index in [9.17, 15) is 0 Å². The maximum atomic E-state index is 5.21. The Hall–Kier alpha value is -0.343. The van der Waals surface area contributed by atoms with Crippen LogP contribution in [-0.2, 0) is 13.3 Å². The first-order valence-electron chi connectivity index (χ1n) is 3.83. The second kappa shape index (κ2) is 6.20. The molecule has 0 bridgehead atoms. The van der Waals surface area contributed by atoms with Gasteiger partial charge in [0.1, 0.15) is 0 Å². The van der Waals surface area contributed by atoms with Gasteiger partial charge >= 0.3 is 8.80 Å². The average molecular weight is 188 g/mol. The van der Waals surface area contributed by atoms with E-state index in [2.05, 4.69) is 5.92 Å². The summed E-state index contributed by atoms with van der Waals surface area (Å²) in [5.74, 6) is 2.57. The lowest BCUT2D eigenvalue weighted by atomic mass is 10.4. The van der Waals surface area contributed by atoms with Gasteiger partial charge in [0, 0.05) is 33.8 Å². The van der Waals surface area contributed by atoms with Crippen molar-refractivity contribution in [2.45, 2.75) is 18.9 Å². The molecule has 3 nitrogen and oxygen atoms in total. The number of rotatable bonds is 6. The molecule has 4 heteroatoms. The van der Waals surface area contributed by atoms with Crippen molar-refractivity contribution in [3.05, 3.63) is 0 Å². The molecule has 70 valence electrons. The fourth-order valence-electron chi connectivity index (χ4n) is 0.963. The number of hydrogen-bond acceptors (Lipinski definition) is 3. The van der Waals surface area contributed by atoms with Gasteiger partial charge in [-0.15, -0.1) is 12.3 Å². The highest BCUT2D eigenvalue weighted by Crippen LogP contribution is 2.15. The fraction of sp³-hybridized carbons (Fsp3) is 0.750. The smallest absolute Gasteiger partial charge is 0.377 e. The van der Waals surface area contributed by atoms with Crippen molar-refractivity contribution in [2.75, 3.05) is 21.3 Å². The largest absolute Gasteiger partial charge is 0.500 e. The minimum Gasteiger partial charge on any atom is -0.377 e. The van der Waals surface area contributed by atoms with Gasteiger partial charge in [-0.3, -0.25) is 0 Å². The van der Waals surface area contributed by atoms with E-state index >= 15 is 0 Å². The van der Waals surface area contributed by atoms with Crippen molar-refractivity contribution in [3.63, 3.8) is 0 Å². The van der Waals surface area contributed by atoms with Gasteiger partial charge in [0.25, 0.3) is 0 Å². The van der Waals surface area contributed by atoms with Gasteiger partial charge in [-0.1, -0.05) is 0 Å². The quantitative estimate of drug-likeness (QED) is 0.357. The first-order chi connectivity index (χ1) is 5.74. The monoisotopic (exact) mass is 188 g/mol. The maximum Gasteiger partial charge on any atom is 0.500 e. The maximum absolute atomic E-state index is 5.21. The Kier molecular flexibility index (Phi) is 6.03. The van der Waals surface area contributed by atoms with E-state index in [1.807, 2.05) is 0 Å². The molecule has 0 aromatic heterocycles. The highest BCUT2D eigenvalue weighted by Gasteiger charge is 2.36. The zero-order valence-electron chi connectivity index (χ0n) is 7.92. The number of terminal acetylenes is 1. The van der Waals surface area contributed by atoms with Crippen LogP contribution in [-0.4, -0.2) is 30.1 Å². The predicted octanol–water partition coefficient (Wildman–Crippen LogP) is 1.28. The molecular weight excluding hydrogens is 172 g/mol. The average Bonchev–Trinajstić information content (AvgIpc) is 2.14. The molecule has 0 rings (SSSR count). The minimum atomic E-state index is -2.35. The summed E-state index contributed by atoms with van der Waals surface area (Å²) in [4.78, 5) is 0. The third-order valence-electron chi connectivity index (χ3n) is 1.74. The second-order valence-electron chi connectivity index (χ2n) is 2.35. The highest BCUT2D eigenvalue weighted by molar-refractivity contribution is 6.60. The van der Waals surface area contributed by atoms with Crippen molar-refractivity contribution in [3.8, 4) is 12.3 Å². The van der Waals surface area contributed by atoms with Crippen molar-refractivity contribution in [1.82, 2.24) is 0 Å². The lowest BCUT2D eigenvalue weighted by molar-refractivity contribution is 0.123. The van der Waals surface area contributed by atoms with Gasteiger partial charge in [0.15, 0.2) is 0 Å². The van der Waals surface area contributed by atoms with E-state index in [1.54, 1.807) is 21.3 Å². The lowest BCUT2D eigenvalue weighted by Crippen LogP contribution is -2.42. The molecule has 0 aliphatic carbocycles. The SMILES string of the molecule is C#CCCC[Si](OC)(OC)OC. The fourth-order valence-corrected chi connectivity index (χ4v) is 2.69. The summed E-state index contributed by atoms with van der Waals surface area (Å²) in [7, 11) is 2.47. The Morgan fingerprint density at radius 1 is 1.17 bits per heavy atom. The molecule has 0 radical (unpaired) electrons. The third-order valence-corrected chi connectivity index (χ3v) is 4.57. The Morgan fingerprint density at radius 3 is 2.00 bits per heavy atom. The van der Waals surface area contributed by atoms with E-state index in [4.69, 9.17) is 19.7 Å². The number of unbranched alkanes of at least 4 members (excludes halogenated alkanes) is 1. The molecule has 0 aromatic carbocycles. The third kappa shape index (κ3) is 3.37. The van der Waals surface area contributed by atoms with Crippen LogP contribution >= 0.6 is 0 Å². The minimum absolute atomic E-state index is 0.741. The molecule has 0 unspecified atom stereocenters. The van der Waals surface area contributed by atoms with E-state index in [0.29, 0.717) is 0 Å². The highest BCUT2D eigenvalue weighted by atomic mass is 28.4. The van der Waals surface area contributed by atoms with Gasteiger partial charge < -0.3 is 13.3 Å². The van der Waals surface area contributed by atoms with Gasteiger partial charge in [0.2, 0.25) is 0 Å². The molecule has 0 amide bonds. The van der Waals surface area contributed by atoms with E-state index < -0.39 is 8.80 Å². The van der Waals surface area contributed by atoms with Crippen LogP contribution in [0.15, 0.2) is 0 Å². The van der Waals surface area contributed by atoms with Crippen LogP contribution in [0.3, 0.4) is 0 Å². The molecule has 0 aliphatic rings. The molecule has 0 atom stereocenters. The van der Waals surface area contributed by atoms with Crippen molar-refractivity contribution < 1.29 is 13.3 Å². The first kappa shape index (κ1) is 11.7. The number of hydrogen-bond donors (Lipinski definition) is 0. The molecule has 0 saturated carbocycles. The molecule has 0 N–H and O–H groups in total. The zero-order valence-corrected chi connectivity index (χ0v) is 8.92. The van der Waals surface area contributed by atoms with Gasteiger partial charge in [-0.2, -0.15) is 0 Å². The van der Waals surface area contributed by atoms with Crippen LogP contribution in [0.2, 0.25) is 6.04 Å². The van der Waals surface area contributed by atoms with Crippen LogP contribution in [0.5, 0.6) is 0 Å². The Labute approximate surface area is 75.4 Å². The van der Waals surface area contributed by atoms with E-state index in [-0.39, 0.29) is 0 Å². The summed E-state index contributed by atoms with van der Waals surface area (Å²) in [5.41, 5.74) is 0. The van der Waals surface area contributed by atoms with Crippen molar-refractivity contribution in [1.29, 1.82) is 0 Å². The molecule has 0 spiro atoms. The van der Waals surface area contributed by atoms with Crippen LogP contribution in [0.1, 0.15) is 12.8 Å². The van der Waals surface area contributed by atoms with E-state index in [1.165, 1.54) is 0 Å². The van der Waals surface area contributed by atoms with Crippen molar-refractivity contribution >= 4 is 8.80 Å². The Bertz CT molecular complexity index is 141. The summed E-state index contributed by atoms with van der Waals surface area (Å²) >= 11 is 0. The molecule has 0 aliphatic heterocycles.